The maximum atomic E-state index is 3.80. The van der Waals surface area contributed by atoms with Crippen molar-refractivity contribution in [2.75, 3.05) is 25.0 Å². The first-order valence-corrected chi connectivity index (χ1v) is 9.10. The summed E-state index contributed by atoms with van der Waals surface area (Å²) in [5.41, 5.74) is 0.532. The summed E-state index contributed by atoms with van der Waals surface area (Å²) in [5, 5.41) is 1.18. The van der Waals surface area contributed by atoms with Crippen LogP contribution < -0.4 is 0 Å². The topological polar surface area (TPSA) is 3.24 Å². The van der Waals surface area contributed by atoms with Crippen LogP contribution >= 0.6 is 15.9 Å². The average Bonchev–Trinajstić information content (AvgIpc) is 2.77. The summed E-state index contributed by atoms with van der Waals surface area (Å²) in [4.78, 5) is 2.74. The van der Waals surface area contributed by atoms with Crippen LogP contribution in [0.25, 0.3) is 0 Å². The normalized spacial score (nSPS) is 21.7. The highest BCUT2D eigenvalue weighted by Crippen LogP contribution is 2.35. The third-order valence-electron chi connectivity index (χ3n) is 4.47. The summed E-state index contributed by atoms with van der Waals surface area (Å²) in [6.45, 7) is 11.0. The smallest absolute Gasteiger partial charge is 0.0100 e. The second-order valence-electron chi connectivity index (χ2n) is 6.31. The Morgan fingerprint density at radius 1 is 1.11 bits per heavy atom. The first-order valence-electron chi connectivity index (χ1n) is 7.98. The van der Waals surface area contributed by atoms with E-state index in [4.69, 9.17) is 0 Å². The molecular formula is C16H32BrN. The van der Waals surface area contributed by atoms with Crippen molar-refractivity contribution in [2.24, 2.45) is 11.3 Å². The lowest BCUT2D eigenvalue weighted by Gasteiger charge is -2.36. The van der Waals surface area contributed by atoms with E-state index in [-0.39, 0.29) is 0 Å². The molecule has 0 saturated carbocycles. The van der Waals surface area contributed by atoms with Crippen LogP contribution in [0.5, 0.6) is 0 Å². The van der Waals surface area contributed by atoms with Gasteiger partial charge in [0.1, 0.15) is 0 Å². The van der Waals surface area contributed by atoms with Gasteiger partial charge in [0.15, 0.2) is 0 Å². The Hall–Kier alpha value is 0.440. The Morgan fingerprint density at radius 2 is 1.78 bits per heavy atom. The van der Waals surface area contributed by atoms with Crippen LogP contribution in [0.2, 0.25) is 0 Å². The standard InChI is InChI=1S/C16H32BrN/c1-4-7-15-8-11-18(12-15)14-16(13-17,9-5-2)10-6-3/h15H,4-14H2,1-3H3. The number of nitrogens with zero attached hydrogens (tertiary/aromatic N) is 1. The highest BCUT2D eigenvalue weighted by Gasteiger charge is 2.32. The van der Waals surface area contributed by atoms with E-state index in [1.165, 1.54) is 69.9 Å². The fourth-order valence-electron chi connectivity index (χ4n) is 3.69. The van der Waals surface area contributed by atoms with Crippen molar-refractivity contribution in [1.29, 1.82) is 0 Å². The van der Waals surface area contributed by atoms with Gasteiger partial charge in [0, 0.05) is 18.4 Å². The molecule has 1 nitrogen and oxygen atoms in total. The summed E-state index contributed by atoms with van der Waals surface area (Å²) >= 11 is 3.80. The van der Waals surface area contributed by atoms with Gasteiger partial charge in [-0.2, -0.15) is 0 Å². The Bertz CT molecular complexity index is 211. The van der Waals surface area contributed by atoms with Crippen LogP contribution in [0.1, 0.15) is 65.7 Å². The van der Waals surface area contributed by atoms with Gasteiger partial charge in [-0.3, -0.25) is 0 Å². The van der Waals surface area contributed by atoms with E-state index in [1.807, 2.05) is 0 Å². The van der Waals surface area contributed by atoms with Crippen LogP contribution in [0.4, 0.5) is 0 Å². The second-order valence-corrected chi connectivity index (χ2v) is 6.87. The van der Waals surface area contributed by atoms with E-state index >= 15 is 0 Å². The summed E-state index contributed by atoms with van der Waals surface area (Å²) in [6, 6.07) is 0. The lowest BCUT2D eigenvalue weighted by Crippen LogP contribution is -2.38. The predicted molar refractivity (Wildman–Crippen MR) is 85.5 cm³/mol. The summed E-state index contributed by atoms with van der Waals surface area (Å²) in [5.74, 6) is 0.978. The molecule has 0 spiro atoms. The quantitative estimate of drug-likeness (QED) is 0.535. The van der Waals surface area contributed by atoms with Gasteiger partial charge in [-0.25, -0.2) is 0 Å². The fraction of sp³-hybridized carbons (Fsp3) is 1.00. The van der Waals surface area contributed by atoms with E-state index < -0.39 is 0 Å². The molecule has 0 aliphatic carbocycles. The highest BCUT2D eigenvalue weighted by atomic mass is 79.9. The number of halogens is 1. The van der Waals surface area contributed by atoms with Crippen molar-refractivity contribution >= 4 is 15.9 Å². The molecule has 1 aliphatic heterocycles. The molecule has 0 aromatic heterocycles. The molecule has 1 fully saturated rings. The van der Waals surface area contributed by atoms with Crippen LogP contribution in [0, 0.1) is 11.3 Å². The molecule has 0 bridgehead atoms. The lowest BCUT2D eigenvalue weighted by molar-refractivity contribution is 0.166. The Morgan fingerprint density at radius 3 is 2.28 bits per heavy atom. The second kappa shape index (κ2) is 8.58. The van der Waals surface area contributed by atoms with Crippen molar-refractivity contribution in [3.63, 3.8) is 0 Å². The fourth-order valence-corrected chi connectivity index (χ4v) is 4.43. The van der Waals surface area contributed by atoms with E-state index in [0.29, 0.717) is 5.41 Å². The summed E-state index contributed by atoms with van der Waals surface area (Å²) < 4.78 is 0. The molecule has 1 saturated heterocycles. The van der Waals surface area contributed by atoms with Crippen molar-refractivity contribution in [1.82, 2.24) is 4.90 Å². The zero-order valence-corrected chi connectivity index (χ0v) is 14.3. The van der Waals surface area contributed by atoms with Crippen molar-refractivity contribution in [3.05, 3.63) is 0 Å². The highest BCUT2D eigenvalue weighted by molar-refractivity contribution is 9.09. The largest absolute Gasteiger partial charge is 0.302 e. The van der Waals surface area contributed by atoms with Crippen molar-refractivity contribution in [2.45, 2.75) is 65.7 Å². The van der Waals surface area contributed by atoms with Gasteiger partial charge in [-0.05, 0) is 43.6 Å². The molecule has 0 N–H and O–H groups in total. The molecule has 0 radical (unpaired) electrons. The number of hydrogen-bond acceptors (Lipinski definition) is 1. The third-order valence-corrected chi connectivity index (χ3v) is 5.66. The molecule has 1 rings (SSSR count). The van der Waals surface area contributed by atoms with E-state index in [2.05, 4.69) is 41.6 Å². The molecule has 108 valence electrons. The minimum Gasteiger partial charge on any atom is -0.302 e. The summed E-state index contributed by atoms with van der Waals surface area (Å²) in [6.07, 6.45) is 9.60. The van der Waals surface area contributed by atoms with Gasteiger partial charge < -0.3 is 4.90 Å². The number of hydrogen-bond donors (Lipinski definition) is 0. The molecule has 1 unspecified atom stereocenters. The number of alkyl halides is 1. The number of rotatable bonds is 9. The van der Waals surface area contributed by atoms with Crippen LogP contribution in [-0.2, 0) is 0 Å². The van der Waals surface area contributed by atoms with E-state index in [9.17, 15) is 0 Å². The van der Waals surface area contributed by atoms with Crippen LogP contribution in [0.15, 0.2) is 0 Å². The van der Waals surface area contributed by atoms with Gasteiger partial charge in [0.2, 0.25) is 0 Å². The molecular weight excluding hydrogens is 286 g/mol. The Balaban J connectivity index is 2.50. The predicted octanol–water partition coefficient (Wildman–Crippen LogP) is 5.09. The zero-order valence-electron chi connectivity index (χ0n) is 12.7. The van der Waals surface area contributed by atoms with Gasteiger partial charge in [0.25, 0.3) is 0 Å². The Labute approximate surface area is 123 Å². The molecule has 18 heavy (non-hydrogen) atoms. The maximum Gasteiger partial charge on any atom is 0.0100 e. The first kappa shape index (κ1) is 16.5. The van der Waals surface area contributed by atoms with Crippen molar-refractivity contribution < 1.29 is 0 Å². The van der Waals surface area contributed by atoms with Crippen molar-refractivity contribution in [3.8, 4) is 0 Å². The third kappa shape index (κ3) is 4.85. The van der Waals surface area contributed by atoms with Crippen LogP contribution in [0.3, 0.4) is 0 Å². The molecule has 0 aromatic rings. The number of likely N-dealkylation sites (tertiary alicyclic amines) is 1. The monoisotopic (exact) mass is 317 g/mol. The maximum absolute atomic E-state index is 3.80. The van der Waals surface area contributed by atoms with Gasteiger partial charge >= 0.3 is 0 Å². The zero-order chi connectivity index (χ0) is 13.4. The minimum atomic E-state index is 0.532. The molecule has 2 heteroatoms. The van der Waals surface area contributed by atoms with E-state index in [1.54, 1.807) is 0 Å². The molecule has 1 aliphatic rings. The average molecular weight is 318 g/mol. The SMILES string of the molecule is CCCC1CCN(CC(CBr)(CCC)CCC)C1. The lowest BCUT2D eigenvalue weighted by atomic mass is 9.81. The minimum absolute atomic E-state index is 0.532. The van der Waals surface area contributed by atoms with Gasteiger partial charge in [-0.1, -0.05) is 56.0 Å². The van der Waals surface area contributed by atoms with Crippen LogP contribution in [-0.4, -0.2) is 29.9 Å². The molecule has 0 amide bonds. The molecule has 1 heterocycles. The molecule has 0 aromatic carbocycles. The first-order chi connectivity index (χ1) is 8.69. The Kier molecular flexibility index (Phi) is 7.86. The van der Waals surface area contributed by atoms with Gasteiger partial charge in [-0.15, -0.1) is 0 Å². The van der Waals surface area contributed by atoms with Gasteiger partial charge in [0.05, 0.1) is 0 Å². The molecule has 1 atom stereocenters. The summed E-state index contributed by atoms with van der Waals surface area (Å²) in [7, 11) is 0. The van der Waals surface area contributed by atoms with E-state index in [0.717, 1.165) is 5.92 Å².